The van der Waals surface area contributed by atoms with Crippen molar-refractivity contribution in [2.75, 3.05) is 44.7 Å². The van der Waals surface area contributed by atoms with Gasteiger partial charge in [-0.15, -0.1) is 0 Å². The number of anilines is 1. The average Bonchev–Trinajstić information content (AvgIpc) is 2.77. The zero-order valence-corrected chi connectivity index (χ0v) is 12.8. The van der Waals surface area contributed by atoms with Gasteiger partial charge in [0.2, 0.25) is 5.95 Å². The van der Waals surface area contributed by atoms with Crippen LogP contribution in [0.5, 0.6) is 0 Å². The summed E-state index contributed by atoms with van der Waals surface area (Å²) >= 11 is 0. The number of carbonyl (C=O) groups excluding carboxylic acids is 1. The zero-order chi connectivity index (χ0) is 16.9. The Morgan fingerprint density at radius 2 is 2.09 bits per heavy atom. The number of halogens is 3. The fourth-order valence-electron chi connectivity index (χ4n) is 2.40. The summed E-state index contributed by atoms with van der Waals surface area (Å²) in [7, 11) is 1.34. The van der Waals surface area contributed by atoms with Gasteiger partial charge < -0.3 is 14.5 Å². The highest BCUT2D eigenvalue weighted by molar-refractivity contribution is 5.69. The molecule has 0 spiro atoms. The maximum atomic E-state index is 12.7. The standard InChI is InChI=1S/C14H19F3N4O2/c1-23-12(22)4-8-20-6-2-7-21(10-9-20)13-18-5-3-11(19-13)14(15,16)17/h3,5H,2,4,6-10H2,1H3. The number of esters is 1. The van der Waals surface area contributed by atoms with E-state index in [1.807, 2.05) is 0 Å². The van der Waals surface area contributed by atoms with Crippen molar-refractivity contribution in [2.24, 2.45) is 0 Å². The molecular formula is C14H19F3N4O2. The Kier molecular flexibility index (Phi) is 5.75. The lowest BCUT2D eigenvalue weighted by Gasteiger charge is -2.22. The molecule has 0 radical (unpaired) electrons. The van der Waals surface area contributed by atoms with Gasteiger partial charge in [0.05, 0.1) is 13.5 Å². The lowest BCUT2D eigenvalue weighted by atomic mass is 10.3. The minimum atomic E-state index is -4.48. The number of ether oxygens (including phenoxy) is 1. The highest BCUT2D eigenvalue weighted by Crippen LogP contribution is 2.28. The first kappa shape index (κ1) is 17.5. The second-order valence-electron chi connectivity index (χ2n) is 5.25. The molecule has 6 nitrogen and oxygen atoms in total. The van der Waals surface area contributed by atoms with Gasteiger partial charge >= 0.3 is 12.1 Å². The monoisotopic (exact) mass is 332 g/mol. The van der Waals surface area contributed by atoms with E-state index in [-0.39, 0.29) is 11.9 Å². The number of hydrogen-bond donors (Lipinski definition) is 0. The summed E-state index contributed by atoms with van der Waals surface area (Å²) in [5.74, 6) is -0.179. The van der Waals surface area contributed by atoms with Crippen LogP contribution in [0.25, 0.3) is 0 Å². The molecule has 1 aromatic rings. The van der Waals surface area contributed by atoms with Crippen molar-refractivity contribution in [1.29, 1.82) is 0 Å². The van der Waals surface area contributed by atoms with Crippen molar-refractivity contribution in [2.45, 2.75) is 19.0 Å². The maximum absolute atomic E-state index is 12.7. The highest BCUT2D eigenvalue weighted by atomic mass is 19.4. The Balaban J connectivity index is 1.96. The summed E-state index contributed by atoms with van der Waals surface area (Å²) in [4.78, 5) is 22.6. The molecule has 0 aromatic carbocycles. The van der Waals surface area contributed by atoms with Gasteiger partial charge in [-0.3, -0.25) is 4.79 Å². The molecule has 0 aliphatic carbocycles. The second kappa shape index (κ2) is 7.58. The van der Waals surface area contributed by atoms with Gasteiger partial charge in [-0.05, 0) is 19.0 Å². The molecule has 9 heteroatoms. The molecule has 1 aliphatic heterocycles. The van der Waals surface area contributed by atoms with Crippen LogP contribution >= 0.6 is 0 Å². The van der Waals surface area contributed by atoms with E-state index in [1.54, 1.807) is 4.90 Å². The van der Waals surface area contributed by atoms with Crippen molar-refractivity contribution in [3.8, 4) is 0 Å². The number of rotatable bonds is 4. The lowest BCUT2D eigenvalue weighted by molar-refractivity contribution is -0.141. The SMILES string of the molecule is COC(=O)CCN1CCCN(c2nccc(C(F)(F)F)n2)CC1. The fraction of sp³-hybridized carbons (Fsp3) is 0.643. The number of nitrogens with zero attached hydrogens (tertiary/aromatic N) is 4. The molecular weight excluding hydrogens is 313 g/mol. The molecule has 0 unspecified atom stereocenters. The molecule has 23 heavy (non-hydrogen) atoms. The average molecular weight is 332 g/mol. The summed E-state index contributed by atoms with van der Waals surface area (Å²) in [6.07, 6.45) is -2.28. The van der Waals surface area contributed by atoms with Gasteiger partial charge in [0, 0.05) is 32.4 Å². The molecule has 0 bridgehead atoms. The Labute approximate surface area is 132 Å². The zero-order valence-electron chi connectivity index (χ0n) is 12.8. The van der Waals surface area contributed by atoms with Crippen molar-refractivity contribution in [3.05, 3.63) is 18.0 Å². The van der Waals surface area contributed by atoms with Crippen molar-refractivity contribution < 1.29 is 22.7 Å². The number of methoxy groups -OCH3 is 1. The number of hydrogen-bond acceptors (Lipinski definition) is 6. The molecule has 1 aliphatic rings. The topological polar surface area (TPSA) is 58.6 Å². The predicted octanol–water partition coefficient (Wildman–Crippen LogP) is 1.57. The van der Waals surface area contributed by atoms with Crippen molar-refractivity contribution in [3.63, 3.8) is 0 Å². The van der Waals surface area contributed by atoms with Crippen LogP contribution < -0.4 is 4.90 Å². The van der Waals surface area contributed by atoms with Gasteiger partial charge in [-0.2, -0.15) is 13.2 Å². The molecule has 0 N–H and O–H groups in total. The van der Waals surface area contributed by atoms with Gasteiger partial charge in [-0.1, -0.05) is 0 Å². The minimum absolute atomic E-state index is 0.0923. The normalized spacial score (nSPS) is 17.0. The van der Waals surface area contributed by atoms with Crippen LogP contribution in [0.2, 0.25) is 0 Å². The van der Waals surface area contributed by atoms with E-state index in [2.05, 4.69) is 19.6 Å². The second-order valence-corrected chi connectivity index (χ2v) is 5.25. The van der Waals surface area contributed by atoms with Gasteiger partial charge in [0.15, 0.2) is 0 Å². The molecule has 128 valence electrons. The predicted molar refractivity (Wildman–Crippen MR) is 76.9 cm³/mol. The van der Waals surface area contributed by atoms with E-state index < -0.39 is 11.9 Å². The quantitative estimate of drug-likeness (QED) is 0.780. The first-order chi connectivity index (χ1) is 10.9. The summed E-state index contributed by atoms with van der Waals surface area (Å²) in [5, 5.41) is 0. The van der Waals surface area contributed by atoms with Crippen LogP contribution in [-0.4, -0.2) is 60.7 Å². The van der Waals surface area contributed by atoms with Crippen LogP contribution in [0.1, 0.15) is 18.5 Å². The van der Waals surface area contributed by atoms with Gasteiger partial charge in [0.1, 0.15) is 5.69 Å². The van der Waals surface area contributed by atoms with Gasteiger partial charge in [0.25, 0.3) is 0 Å². The fourth-order valence-corrected chi connectivity index (χ4v) is 2.40. The first-order valence-corrected chi connectivity index (χ1v) is 7.34. The summed E-state index contributed by atoms with van der Waals surface area (Å²) in [6, 6.07) is 0.865. The van der Waals surface area contributed by atoms with Crippen LogP contribution in [0, 0.1) is 0 Å². The van der Waals surface area contributed by atoms with E-state index in [9.17, 15) is 18.0 Å². The number of alkyl halides is 3. The Morgan fingerprint density at radius 1 is 1.30 bits per heavy atom. The molecule has 1 fully saturated rings. The lowest BCUT2D eigenvalue weighted by Crippen LogP contribution is -2.33. The summed E-state index contributed by atoms with van der Waals surface area (Å²) < 4.78 is 42.8. The largest absolute Gasteiger partial charge is 0.469 e. The minimum Gasteiger partial charge on any atom is -0.469 e. The third-order valence-electron chi connectivity index (χ3n) is 3.66. The van der Waals surface area contributed by atoms with E-state index in [1.165, 1.54) is 7.11 Å². The third-order valence-corrected chi connectivity index (χ3v) is 3.66. The van der Waals surface area contributed by atoms with E-state index in [4.69, 9.17) is 0 Å². The van der Waals surface area contributed by atoms with Crippen LogP contribution in [0.15, 0.2) is 12.3 Å². The van der Waals surface area contributed by atoms with Gasteiger partial charge in [-0.25, -0.2) is 9.97 Å². The van der Waals surface area contributed by atoms with Crippen molar-refractivity contribution in [1.82, 2.24) is 14.9 Å². The molecule has 1 aromatic heterocycles. The molecule has 0 saturated carbocycles. The van der Waals surface area contributed by atoms with Crippen LogP contribution in [0.4, 0.5) is 19.1 Å². The Hall–Kier alpha value is -1.90. The number of aromatic nitrogens is 2. The Morgan fingerprint density at radius 3 is 2.78 bits per heavy atom. The van der Waals surface area contributed by atoms with Crippen molar-refractivity contribution >= 4 is 11.9 Å². The Bertz CT molecular complexity index is 539. The van der Waals surface area contributed by atoms with Crippen LogP contribution in [0.3, 0.4) is 0 Å². The molecule has 0 amide bonds. The van der Waals surface area contributed by atoms with Crippen LogP contribution in [-0.2, 0) is 15.7 Å². The van der Waals surface area contributed by atoms with E-state index in [0.29, 0.717) is 32.6 Å². The highest BCUT2D eigenvalue weighted by Gasteiger charge is 2.33. The maximum Gasteiger partial charge on any atom is 0.433 e. The molecule has 2 heterocycles. The number of carbonyl (C=O) groups is 1. The third kappa shape index (κ3) is 5.05. The molecule has 1 saturated heterocycles. The summed E-state index contributed by atoms with van der Waals surface area (Å²) in [6.45, 7) is 3.07. The summed E-state index contributed by atoms with van der Waals surface area (Å²) in [5.41, 5.74) is -0.936. The van der Waals surface area contributed by atoms with E-state index >= 15 is 0 Å². The smallest absolute Gasteiger partial charge is 0.433 e. The van der Waals surface area contributed by atoms with E-state index in [0.717, 1.165) is 25.2 Å². The molecule has 2 rings (SSSR count). The molecule has 0 atom stereocenters. The first-order valence-electron chi connectivity index (χ1n) is 7.34.